The van der Waals surface area contributed by atoms with Crippen LogP contribution in [0.5, 0.6) is 51.7 Å². The van der Waals surface area contributed by atoms with Crippen LogP contribution in [0.4, 0.5) is 11.4 Å². The summed E-state index contributed by atoms with van der Waals surface area (Å²) in [5, 5.41) is 99.9. The third-order valence-corrected chi connectivity index (χ3v) is 11.0. The van der Waals surface area contributed by atoms with Crippen LogP contribution in [0.25, 0.3) is 0 Å². The number of carbonyl (C=O) groups is 4. The Morgan fingerprint density at radius 2 is 0.932 bits per heavy atom. The van der Waals surface area contributed by atoms with Crippen LogP contribution < -0.4 is 27.7 Å². The lowest BCUT2D eigenvalue weighted by Gasteiger charge is -2.12. The molecule has 0 amide bonds. The fourth-order valence-corrected chi connectivity index (χ4v) is 5.83. The molecule has 0 fully saturated rings. The van der Waals surface area contributed by atoms with Gasteiger partial charge < -0.3 is 83.8 Å². The van der Waals surface area contributed by atoms with Gasteiger partial charge in [0.05, 0.1) is 5.69 Å². The lowest BCUT2D eigenvalue weighted by Crippen LogP contribution is -2.20. The molecule has 20 heteroatoms. The second kappa shape index (κ2) is 28.7. The van der Waals surface area contributed by atoms with E-state index in [9.17, 15) is 49.8 Å². The maximum absolute atomic E-state index is 10.6. The van der Waals surface area contributed by atoms with Gasteiger partial charge in [-0.15, -0.1) is 0 Å². The van der Waals surface area contributed by atoms with Crippen molar-refractivity contribution in [1.29, 1.82) is 0 Å². The number of aromatic carboxylic acids is 1. The van der Waals surface area contributed by atoms with Crippen molar-refractivity contribution in [2.24, 2.45) is 11.5 Å². The Balaban J connectivity index is 0.000000854. The summed E-state index contributed by atoms with van der Waals surface area (Å²) in [5.74, 6) is -3.77. The first-order valence-corrected chi connectivity index (χ1v) is 21.3. The van der Waals surface area contributed by atoms with Crippen LogP contribution in [0.15, 0.2) is 72.8 Å². The number of nitrogen functional groups attached to an aromatic ring is 2. The maximum Gasteiger partial charge on any atom is 0.339 e. The fraction of sp³-hybridized carbons (Fsp3) is 0.245. The van der Waals surface area contributed by atoms with Crippen molar-refractivity contribution in [3.8, 4) is 51.7 Å². The number of hydrogen-bond donors (Lipinski definition) is 15. The Bertz CT molecular complexity index is 2810. The average molecular weight is 1020 g/mol. The summed E-state index contributed by atoms with van der Waals surface area (Å²) < 4.78 is 4.58. The molecule has 0 aliphatic rings. The largest absolute Gasteiger partial charge is 0.508 e. The summed E-state index contributed by atoms with van der Waals surface area (Å²) in [6, 6.07) is 16.2. The molecular formula is C53H68N4O16. The smallest absolute Gasteiger partial charge is 0.339 e. The molecule has 6 aromatic carbocycles. The minimum atomic E-state index is -1.19. The van der Waals surface area contributed by atoms with Crippen LogP contribution in [0, 0.1) is 69.2 Å². The van der Waals surface area contributed by atoms with Gasteiger partial charge in [0.1, 0.15) is 46.4 Å². The molecule has 19 N–H and O–H groups in total. The van der Waals surface area contributed by atoms with Crippen molar-refractivity contribution in [1.82, 2.24) is 0 Å². The van der Waals surface area contributed by atoms with Gasteiger partial charge in [0.2, 0.25) is 0 Å². The van der Waals surface area contributed by atoms with E-state index in [-0.39, 0.29) is 70.1 Å². The molecule has 0 saturated heterocycles. The number of nitrogens with two attached hydrogens (primary N) is 4. The van der Waals surface area contributed by atoms with Crippen LogP contribution in [-0.2, 0) is 14.4 Å². The van der Waals surface area contributed by atoms with Crippen molar-refractivity contribution in [3.63, 3.8) is 0 Å². The van der Waals surface area contributed by atoms with Gasteiger partial charge in [0.15, 0.2) is 23.0 Å². The first-order valence-electron chi connectivity index (χ1n) is 21.3. The van der Waals surface area contributed by atoms with Gasteiger partial charge in [-0.1, -0.05) is 31.7 Å². The molecule has 6 aromatic rings. The monoisotopic (exact) mass is 1020 g/mol. The number of ether oxygens (including phenoxy) is 1. The molecule has 0 spiro atoms. The van der Waals surface area contributed by atoms with E-state index in [2.05, 4.69) is 4.74 Å². The van der Waals surface area contributed by atoms with E-state index >= 15 is 0 Å². The molecule has 0 bridgehead atoms. The van der Waals surface area contributed by atoms with Gasteiger partial charge in [-0.3, -0.25) is 14.4 Å². The maximum atomic E-state index is 10.6. The van der Waals surface area contributed by atoms with Gasteiger partial charge in [-0.2, -0.15) is 0 Å². The number of phenols is 8. The van der Waals surface area contributed by atoms with E-state index < -0.39 is 30.0 Å². The standard InChI is InChI=1S/C10H13NO3.C9H11NO4.2C9H10O3.C8H11NO.C7H9NO2.CH4/c1-5-3-4-7(8(11)10(13)14)9(12)6(5)2;1-4-2-5(7(10)9(13)14)3-6(11)8(4)12;1-6-3-8(12-5-10)4-9(11)7(6)2;1-5-3-4-7(9(11)12)8(10)6(5)2;1-5-3-4-7(9)8(10)6(5)2;1-4-2-5(8)3-6(9)7(4)10;/h3-4,8,12H,11H2,1-2H3,(H,13,14);2-3,7,11-12H,10H2,1H3,(H,13,14);3-5,11H,1-2H3;3-4,10H,1-2H3,(H,11,12);3-4,10H,9H2,1-2H3;2-3,9-10H,8H2,1H3;1H4. The van der Waals surface area contributed by atoms with E-state index in [0.29, 0.717) is 45.9 Å². The zero-order valence-corrected chi connectivity index (χ0v) is 41.4. The van der Waals surface area contributed by atoms with Gasteiger partial charge in [0, 0.05) is 23.4 Å². The number of aliphatic carboxylic acids is 2. The summed E-state index contributed by atoms with van der Waals surface area (Å²) in [7, 11) is 0. The number of carboxylic acids is 3. The highest BCUT2D eigenvalue weighted by Crippen LogP contribution is 2.33. The fourth-order valence-electron chi connectivity index (χ4n) is 5.83. The Labute approximate surface area is 423 Å². The molecular weight excluding hydrogens is 949 g/mol. The first-order chi connectivity index (χ1) is 33.3. The Morgan fingerprint density at radius 1 is 0.479 bits per heavy atom. The SMILES string of the molecule is C.Cc1cc(C(N)C(=O)O)cc(O)c1O.Cc1cc(N)cc(O)c1O.Cc1cc(OC=O)cc(O)c1C.Cc1ccc(C(=O)O)c(O)c1C.Cc1ccc(C(N)C(=O)O)c(O)c1C.Cc1ccc(N)c(O)c1C. The van der Waals surface area contributed by atoms with Crippen molar-refractivity contribution >= 4 is 35.8 Å². The molecule has 0 heterocycles. The quantitative estimate of drug-likeness (QED) is 0.0311. The van der Waals surface area contributed by atoms with Crippen molar-refractivity contribution < 1.29 is 80.1 Å². The summed E-state index contributed by atoms with van der Waals surface area (Å²) in [4.78, 5) is 41.7. The van der Waals surface area contributed by atoms with Crippen molar-refractivity contribution in [3.05, 3.63) is 145 Å². The summed E-state index contributed by atoms with van der Waals surface area (Å²) in [6.45, 7) is 18.1. The highest BCUT2D eigenvalue weighted by Gasteiger charge is 2.20. The van der Waals surface area contributed by atoms with E-state index in [1.54, 1.807) is 65.0 Å². The lowest BCUT2D eigenvalue weighted by atomic mass is 10.00. The predicted molar refractivity (Wildman–Crippen MR) is 278 cm³/mol. The predicted octanol–water partition coefficient (Wildman–Crippen LogP) is 8.05. The Hall–Kier alpha value is -8.88. The number of carbonyl (C=O) groups excluding carboxylic acids is 1. The second-order valence-electron chi connectivity index (χ2n) is 16.2. The minimum Gasteiger partial charge on any atom is -0.508 e. The summed E-state index contributed by atoms with van der Waals surface area (Å²) in [6.07, 6.45) is 0. The Kier molecular flexibility index (Phi) is 25.2. The minimum absolute atomic E-state index is 0. The topological polar surface area (TPSA) is 404 Å². The van der Waals surface area contributed by atoms with Crippen molar-refractivity contribution in [2.45, 2.75) is 88.7 Å². The second-order valence-corrected chi connectivity index (χ2v) is 16.2. The molecule has 0 aromatic heterocycles. The molecule has 0 aliphatic carbocycles. The van der Waals surface area contributed by atoms with Crippen molar-refractivity contribution in [2.75, 3.05) is 11.5 Å². The zero-order chi connectivity index (χ0) is 55.6. The normalized spacial score (nSPS) is 10.6. The average Bonchev–Trinajstić information content (AvgIpc) is 3.31. The van der Waals surface area contributed by atoms with Gasteiger partial charge in [0.25, 0.3) is 6.47 Å². The third kappa shape index (κ3) is 18.4. The molecule has 0 radical (unpaired) electrons. The molecule has 73 heavy (non-hydrogen) atoms. The number of carboxylic acid groups (broad SMARTS) is 3. The van der Waals surface area contributed by atoms with Gasteiger partial charge >= 0.3 is 17.9 Å². The van der Waals surface area contributed by atoms with Crippen LogP contribution in [-0.4, -0.2) is 80.6 Å². The lowest BCUT2D eigenvalue weighted by molar-refractivity contribution is -0.139. The number of aromatic hydroxyl groups is 8. The van der Waals surface area contributed by atoms with Gasteiger partial charge in [-0.05, 0) is 167 Å². The van der Waals surface area contributed by atoms with Crippen LogP contribution in [0.2, 0.25) is 0 Å². The molecule has 0 saturated carbocycles. The number of hydrogen-bond acceptors (Lipinski definition) is 17. The van der Waals surface area contributed by atoms with Crippen LogP contribution in [0.3, 0.4) is 0 Å². The molecule has 396 valence electrons. The molecule has 0 aliphatic heterocycles. The van der Waals surface area contributed by atoms with E-state index in [0.717, 1.165) is 39.4 Å². The molecule has 6 rings (SSSR count). The highest BCUT2D eigenvalue weighted by molar-refractivity contribution is 5.91. The number of phenolic OH excluding ortho intramolecular Hbond substituents is 7. The van der Waals surface area contributed by atoms with E-state index in [1.807, 2.05) is 40.7 Å². The van der Waals surface area contributed by atoms with E-state index in [1.165, 1.54) is 30.3 Å². The number of benzene rings is 6. The van der Waals surface area contributed by atoms with E-state index in [4.69, 9.17) is 48.5 Å². The van der Waals surface area contributed by atoms with Crippen LogP contribution in [0.1, 0.15) is 96.6 Å². The molecule has 20 nitrogen and oxygen atoms in total. The number of rotatable bonds is 7. The summed E-state index contributed by atoms with van der Waals surface area (Å²) >= 11 is 0. The molecule has 2 atom stereocenters. The molecule has 2 unspecified atom stereocenters. The van der Waals surface area contributed by atoms with Crippen LogP contribution >= 0.6 is 0 Å². The third-order valence-electron chi connectivity index (χ3n) is 11.0. The number of aryl methyl sites for hydroxylation is 6. The highest BCUT2D eigenvalue weighted by atomic mass is 16.5. The van der Waals surface area contributed by atoms with Gasteiger partial charge in [-0.25, -0.2) is 4.79 Å². The number of anilines is 2. The Morgan fingerprint density at radius 3 is 1.37 bits per heavy atom. The first kappa shape index (κ1) is 64.1. The summed E-state index contributed by atoms with van der Waals surface area (Å²) in [5.41, 5.74) is 30.6. The zero-order valence-electron chi connectivity index (χ0n) is 41.4.